The summed E-state index contributed by atoms with van der Waals surface area (Å²) in [6.45, 7) is 0.675. The molecule has 158 valence electrons. The number of hydrogen-bond donors (Lipinski definition) is 1. The van der Waals surface area contributed by atoms with Crippen molar-refractivity contribution in [3.05, 3.63) is 108 Å². The third-order valence-corrected chi connectivity index (χ3v) is 5.98. The zero-order valence-electron chi connectivity index (χ0n) is 17.8. The number of carbonyl (C=O) groups excluding carboxylic acids is 2. The van der Waals surface area contributed by atoms with E-state index >= 15 is 0 Å². The van der Waals surface area contributed by atoms with Crippen LogP contribution in [-0.4, -0.2) is 18.4 Å². The number of amides is 2. The average Bonchev–Trinajstić information content (AvgIpc) is 2.84. The first-order valence-corrected chi connectivity index (χ1v) is 11.0. The normalized spacial score (nSPS) is 12.9. The van der Waals surface area contributed by atoms with Gasteiger partial charge in [0.25, 0.3) is 5.91 Å². The number of benzene rings is 4. The Bertz CT molecular complexity index is 1290. The minimum absolute atomic E-state index is 0.00854. The molecular formula is C28H24N2O2. The Morgan fingerprint density at radius 3 is 2.50 bits per heavy atom. The fraction of sp³-hybridized carbons (Fsp3) is 0.143. The van der Waals surface area contributed by atoms with Crippen LogP contribution in [0.15, 0.2) is 91.0 Å². The fourth-order valence-electron chi connectivity index (χ4n) is 4.42. The van der Waals surface area contributed by atoms with E-state index in [1.165, 1.54) is 0 Å². The van der Waals surface area contributed by atoms with Crippen molar-refractivity contribution in [1.82, 2.24) is 0 Å². The van der Waals surface area contributed by atoms with E-state index in [4.69, 9.17) is 0 Å². The van der Waals surface area contributed by atoms with Crippen molar-refractivity contribution < 1.29 is 9.59 Å². The molecule has 1 aliphatic heterocycles. The number of nitrogens with one attached hydrogen (secondary N) is 1. The van der Waals surface area contributed by atoms with Crippen molar-refractivity contribution in [2.75, 3.05) is 16.8 Å². The first kappa shape index (κ1) is 20.0. The van der Waals surface area contributed by atoms with Crippen molar-refractivity contribution >= 4 is 34.0 Å². The zero-order chi connectivity index (χ0) is 21.9. The van der Waals surface area contributed by atoms with Gasteiger partial charge in [-0.15, -0.1) is 0 Å². The van der Waals surface area contributed by atoms with Crippen molar-refractivity contribution in [3.8, 4) is 0 Å². The van der Waals surface area contributed by atoms with Crippen molar-refractivity contribution in [3.63, 3.8) is 0 Å². The van der Waals surface area contributed by atoms with Gasteiger partial charge in [0.15, 0.2) is 0 Å². The number of rotatable bonds is 4. The molecule has 4 aromatic carbocycles. The molecule has 1 N–H and O–H groups in total. The lowest BCUT2D eigenvalue weighted by molar-refractivity contribution is -0.115. The molecule has 4 aromatic rings. The van der Waals surface area contributed by atoms with Gasteiger partial charge in [-0.05, 0) is 59.0 Å². The highest BCUT2D eigenvalue weighted by atomic mass is 16.2. The van der Waals surface area contributed by atoms with Gasteiger partial charge in [0.1, 0.15) is 0 Å². The van der Waals surface area contributed by atoms with E-state index < -0.39 is 0 Å². The predicted molar refractivity (Wildman–Crippen MR) is 129 cm³/mol. The molecule has 1 heterocycles. The Balaban J connectivity index is 1.37. The molecular weight excluding hydrogens is 396 g/mol. The third kappa shape index (κ3) is 4.00. The van der Waals surface area contributed by atoms with Crippen molar-refractivity contribution in [2.24, 2.45) is 0 Å². The molecule has 0 spiro atoms. The minimum Gasteiger partial charge on any atom is -0.326 e. The van der Waals surface area contributed by atoms with Crippen LogP contribution in [0.4, 0.5) is 11.4 Å². The van der Waals surface area contributed by atoms with Crippen LogP contribution in [0.5, 0.6) is 0 Å². The van der Waals surface area contributed by atoms with Gasteiger partial charge in [-0.2, -0.15) is 0 Å². The lowest BCUT2D eigenvalue weighted by atomic mass is 9.99. The highest BCUT2D eigenvalue weighted by molar-refractivity contribution is 6.07. The Labute approximate surface area is 187 Å². The van der Waals surface area contributed by atoms with Crippen LogP contribution in [0.1, 0.15) is 27.9 Å². The Morgan fingerprint density at radius 2 is 1.62 bits per heavy atom. The van der Waals surface area contributed by atoms with E-state index in [0.29, 0.717) is 24.2 Å². The molecule has 0 saturated carbocycles. The van der Waals surface area contributed by atoms with E-state index in [2.05, 4.69) is 17.4 Å². The Morgan fingerprint density at radius 1 is 0.844 bits per heavy atom. The van der Waals surface area contributed by atoms with E-state index in [-0.39, 0.29) is 11.8 Å². The molecule has 0 bridgehead atoms. The maximum Gasteiger partial charge on any atom is 0.258 e. The van der Waals surface area contributed by atoms with Crippen LogP contribution in [0, 0.1) is 0 Å². The van der Waals surface area contributed by atoms with E-state index in [1.807, 2.05) is 83.8 Å². The van der Waals surface area contributed by atoms with Gasteiger partial charge in [0, 0.05) is 23.5 Å². The van der Waals surface area contributed by atoms with E-state index in [1.54, 1.807) is 0 Å². The van der Waals surface area contributed by atoms with Crippen LogP contribution in [0.2, 0.25) is 0 Å². The lowest BCUT2D eigenvalue weighted by Gasteiger charge is -2.30. The summed E-state index contributed by atoms with van der Waals surface area (Å²) in [6.07, 6.45) is 2.15. The average molecular weight is 421 g/mol. The highest BCUT2D eigenvalue weighted by Crippen LogP contribution is 2.31. The second kappa shape index (κ2) is 8.67. The maximum atomic E-state index is 13.1. The van der Waals surface area contributed by atoms with Crippen molar-refractivity contribution in [1.29, 1.82) is 0 Å². The molecule has 4 heteroatoms. The molecule has 0 fully saturated rings. The summed E-state index contributed by atoms with van der Waals surface area (Å²) in [5.74, 6) is -0.0798. The molecule has 0 radical (unpaired) electrons. The summed E-state index contributed by atoms with van der Waals surface area (Å²) >= 11 is 0. The van der Waals surface area contributed by atoms with Crippen LogP contribution < -0.4 is 10.2 Å². The first-order valence-electron chi connectivity index (χ1n) is 11.0. The molecule has 5 rings (SSSR count). The number of anilines is 2. The largest absolute Gasteiger partial charge is 0.326 e. The van der Waals surface area contributed by atoms with Crippen molar-refractivity contribution in [2.45, 2.75) is 19.3 Å². The Hall–Kier alpha value is -3.92. The molecule has 4 nitrogen and oxygen atoms in total. The molecule has 0 unspecified atom stereocenters. The van der Waals surface area contributed by atoms with Crippen LogP contribution in [-0.2, 0) is 17.6 Å². The highest BCUT2D eigenvalue weighted by Gasteiger charge is 2.24. The fourth-order valence-corrected chi connectivity index (χ4v) is 4.42. The van der Waals surface area contributed by atoms with Gasteiger partial charge in [-0.1, -0.05) is 66.7 Å². The van der Waals surface area contributed by atoms with Crippen LogP contribution in [0.25, 0.3) is 10.8 Å². The van der Waals surface area contributed by atoms with Gasteiger partial charge in [0.2, 0.25) is 5.91 Å². The summed E-state index contributed by atoms with van der Waals surface area (Å²) in [5, 5.41) is 5.25. The van der Waals surface area contributed by atoms with Crippen LogP contribution >= 0.6 is 0 Å². The quantitative estimate of drug-likeness (QED) is 0.466. The molecule has 0 atom stereocenters. The summed E-state index contributed by atoms with van der Waals surface area (Å²) < 4.78 is 0. The van der Waals surface area contributed by atoms with E-state index in [9.17, 15) is 9.59 Å². The number of carbonyl (C=O) groups is 2. The molecule has 0 saturated heterocycles. The maximum absolute atomic E-state index is 13.1. The molecule has 2 amide bonds. The van der Waals surface area contributed by atoms with Gasteiger partial charge in [-0.25, -0.2) is 0 Å². The molecule has 32 heavy (non-hydrogen) atoms. The van der Waals surface area contributed by atoms with Crippen LogP contribution in [0.3, 0.4) is 0 Å². The van der Waals surface area contributed by atoms with Gasteiger partial charge >= 0.3 is 0 Å². The number of fused-ring (bicyclic) bond motifs is 2. The summed E-state index contributed by atoms with van der Waals surface area (Å²) in [7, 11) is 0. The summed E-state index contributed by atoms with van der Waals surface area (Å²) in [5.41, 5.74) is 4.40. The second-order valence-corrected chi connectivity index (χ2v) is 8.13. The minimum atomic E-state index is -0.0713. The smallest absolute Gasteiger partial charge is 0.258 e. The monoisotopic (exact) mass is 420 g/mol. The summed E-state index contributed by atoms with van der Waals surface area (Å²) in [4.78, 5) is 27.8. The predicted octanol–water partition coefficient (Wildman–Crippen LogP) is 5.61. The van der Waals surface area contributed by atoms with Gasteiger partial charge in [0.05, 0.1) is 6.42 Å². The second-order valence-electron chi connectivity index (χ2n) is 8.13. The lowest BCUT2D eigenvalue weighted by Crippen LogP contribution is -2.35. The number of hydrogen-bond acceptors (Lipinski definition) is 2. The number of aryl methyl sites for hydroxylation is 1. The topological polar surface area (TPSA) is 49.4 Å². The first-order chi connectivity index (χ1) is 15.7. The molecule has 0 aromatic heterocycles. The van der Waals surface area contributed by atoms with Gasteiger partial charge in [-0.3, -0.25) is 9.59 Å². The molecule has 0 aliphatic carbocycles. The molecule has 1 aliphatic rings. The Kier molecular flexibility index (Phi) is 5.42. The van der Waals surface area contributed by atoms with E-state index in [0.717, 1.165) is 40.4 Å². The zero-order valence-corrected chi connectivity index (χ0v) is 17.8. The third-order valence-electron chi connectivity index (χ3n) is 5.98. The number of nitrogens with zero attached hydrogens (tertiary/aromatic N) is 1. The standard InChI is InChI=1S/C28H24N2O2/c31-27(18-23-12-6-11-20-8-4-5-14-25(20)23)29-24-16-15-21-13-7-17-30(26(21)19-24)28(32)22-9-2-1-3-10-22/h1-6,8-12,14-16,19H,7,13,17-18H2,(H,29,31). The summed E-state index contributed by atoms with van der Waals surface area (Å²) in [6, 6.07) is 29.3. The SMILES string of the molecule is O=C(Cc1cccc2ccccc12)Nc1ccc2c(c1)N(C(=O)c1ccccc1)CCC2. The van der Waals surface area contributed by atoms with Gasteiger partial charge < -0.3 is 10.2 Å².